The molecule has 7 heteroatoms. The molecule has 0 aliphatic heterocycles. The highest BCUT2D eigenvalue weighted by Gasteiger charge is 2.14. The van der Waals surface area contributed by atoms with Crippen molar-refractivity contribution in [2.24, 2.45) is 0 Å². The minimum absolute atomic E-state index is 0.386. The molecule has 0 aliphatic rings. The normalized spacial score (nSPS) is 11.5. The molecule has 94 valence electrons. The summed E-state index contributed by atoms with van der Waals surface area (Å²) >= 11 is 0. The second-order valence-electron chi connectivity index (χ2n) is 3.71. The minimum Gasteiger partial charge on any atom is -0.273 e. The van der Waals surface area contributed by atoms with Crippen LogP contribution in [0.25, 0.3) is 0 Å². The van der Waals surface area contributed by atoms with Gasteiger partial charge in [-0.3, -0.25) is 10.2 Å². The van der Waals surface area contributed by atoms with Crippen LogP contribution < -0.4 is 10.3 Å². The summed E-state index contributed by atoms with van der Waals surface area (Å²) in [6, 6.07) is 6.79. The predicted octanol–water partition coefficient (Wildman–Crippen LogP) is 0.0358. The molecule has 0 spiro atoms. The first-order valence-corrected chi connectivity index (χ1v) is 6.33. The van der Waals surface area contributed by atoms with Crippen LogP contribution in [-0.2, 0) is 10.2 Å². The molecule has 1 amide bonds. The van der Waals surface area contributed by atoms with Crippen LogP contribution in [0.4, 0.5) is 0 Å². The van der Waals surface area contributed by atoms with Gasteiger partial charge in [0.2, 0.25) is 0 Å². The van der Waals surface area contributed by atoms with Gasteiger partial charge in [-0.25, -0.2) is 0 Å². The van der Waals surface area contributed by atoms with Gasteiger partial charge in [-0.2, -0.15) is 12.7 Å². The molecule has 0 unspecified atom stereocenters. The van der Waals surface area contributed by atoms with E-state index >= 15 is 0 Å². The molecule has 0 saturated heterocycles. The van der Waals surface area contributed by atoms with E-state index in [0.29, 0.717) is 5.56 Å². The number of aryl methyl sites for hydroxylation is 1. The average molecular weight is 257 g/mol. The lowest BCUT2D eigenvalue weighted by molar-refractivity contribution is 0.0944. The van der Waals surface area contributed by atoms with E-state index in [2.05, 4.69) is 5.43 Å². The van der Waals surface area contributed by atoms with E-state index in [1.165, 1.54) is 14.1 Å². The maximum absolute atomic E-state index is 11.6. The summed E-state index contributed by atoms with van der Waals surface area (Å²) in [5, 5.41) is 0. The predicted molar refractivity (Wildman–Crippen MR) is 64.4 cm³/mol. The Kier molecular flexibility index (Phi) is 4.22. The van der Waals surface area contributed by atoms with Crippen molar-refractivity contribution in [3.63, 3.8) is 0 Å². The minimum atomic E-state index is -3.66. The maximum Gasteiger partial charge on any atom is 0.295 e. The van der Waals surface area contributed by atoms with Crippen molar-refractivity contribution in [1.82, 2.24) is 14.6 Å². The number of carbonyl (C=O) groups is 1. The first-order chi connectivity index (χ1) is 7.83. The Labute approximate surface area is 101 Å². The number of hydrogen-bond acceptors (Lipinski definition) is 3. The van der Waals surface area contributed by atoms with Gasteiger partial charge in [-0.15, -0.1) is 4.83 Å². The molecule has 1 rings (SSSR count). The van der Waals surface area contributed by atoms with E-state index in [1.807, 2.05) is 11.8 Å². The third kappa shape index (κ3) is 3.81. The Morgan fingerprint density at radius 1 is 1.18 bits per heavy atom. The molecule has 0 saturated carbocycles. The van der Waals surface area contributed by atoms with Gasteiger partial charge in [0, 0.05) is 19.7 Å². The molecule has 17 heavy (non-hydrogen) atoms. The molecule has 0 heterocycles. The number of rotatable bonds is 4. The third-order valence-corrected chi connectivity index (χ3v) is 3.41. The van der Waals surface area contributed by atoms with Gasteiger partial charge < -0.3 is 0 Å². The van der Waals surface area contributed by atoms with Crippen LogP contribution in [-0.4, -0.2) is 32.7 Å². The number of hydrazine groups is 1. The van der Waals surface area contributed by atoms with Crippen molar-refractivity contribution in [1.29, 1.82) is 0 Å². The summed E-state index contributed by atoms with van der Waals surface area (Å²) in [6.45, 7) is 1.90. The van der Waals surface area contributed by atoms with Gasteiger partial charge in [0.15, 0.2) is 0 Å². The van der Waals surface area contributed by atoms with Crippen LogP contribution in [0, 0.1) is 6.92 Å². The van der Waals surface area contributed by atoms with Gasteiger partial charge in [0.25, 0.3) is 16.1 Å². The topological polar surface area (TPSA) is 78.5 Å². The monoisotopic (exact) mass is 257 g/mol. The number of benzene rings is 1. The fourth-order valence-electron chi connectivity index (χ4n) is 0.979. The smallest absolute Gasteiger partial charge is 0.273 e. The SMILES string of the molecule is Cc1ccc(C(=O)NNS(=O)(=O)N(C)C)cc1. The molecule has 0 aliphatic carbocycles. The van der Waals surface area contributed by atoms with Gasteiger partial charge >= 0.3 is 0 Å². The van der Waals surface area contributed by atoms with Gasteiger partial charge in [-0.05, 0) is 19.1 Å². The summed E-state index contributed by atoms with van der Waals surface area (Å²) in [5.74, 6) is -0.504. The van der Waals surface area contributed by atoms with E-state index in [4.69, 9.17) is 0 Å². The van der Waals surface area contributed by atoms with Crippen molar-refractivity contribution in [2.75, 3.05) is 14.1 Å². The molecular formula is C10H15N3O3S. The number of carbonyl (C=O) groups excluding carboxylic acids is 1. The molecule has 0 aromatic heterocycles. The van der Waals surface area contributed by atoms with E-state index in [-0.39, 0.29) is 0 Å². The highest BCUT2D eigenvalue weighted by Crippen LogP contribution is 2.02. The second-order valence-corrected chi connectivity index (χ2v) is 5.59. The number of nitrogens with zero attached hydrogens (tertiary/aromatic N) is 1. The van der Waals surface area contributed by atoms with Crippen LogP contribution in [0.3, 0.4) is 0 Å². The summed E-state index contributed by atoms with van der Waals surface area (Å²) < 4.78 is 23.6. The molecule has 1 aromatic rings. The molecule has 0 bridgehead atoms. The lowest BCUT2D eigenvalue weighted by Crippen LogP contribution is -2.46. The van der Waals surface area contributed by atoms with E-state index in [1.54, 1.807) is 24.3 Å². The van der Waals surface area contributed by atoms with Crippen LogP contribution >= 0.6 is 0 Å². The van der Waals surface area contributed by atoms with Gasteiger partial charge in [0.05, 0.1) is 0 Å². The van der Waals surface area contributed by atoms with E-state index in [9.17, 15) is 13.2 Å². The van der Waals surface area contributed by atoms with Crippen molar-refractivity contribution in [2.45, 2.75) is 6.92 Å². The molecule has 6 nitrogen and oxygen atoms in total. The zero-order valence-electron chi connectivity index (χ0n) is 9.89. The summed E-state index contributed by atoms with van der Waals surface area (Å²) in [5.41, 5.74) is 3.53. The van der Waals surface area contributed by atoms with Gasteiger partial charge in [0.1, 0.15) is 0 Å². The first-order valence-electron chi connectivity index (χ1n) is 4.89. The number of nitrogens with one attached hydrogen (secondary N) is 2. The molecule has 0 fully saturated rings. The lowest BCUT2D eigenvalue weighted by atomic mass is 10.1. The first kappa shape index (κ1) is 13.6. The number of amides is 1. The van der Waals surface area contributed by atoms with Gasteiger partial charge in [-0.1, -0.05) is 17.7 Å². The summed E-state index contributed by atoms with van der Waals surface area (Å²) in [7, 11) is -0.935. The average Bonchev–Trinajstić information content (AvgIpc) is 2.27. The molecular weight excluding hydrogens is 242 g/mol. The summed E-state index contributed by atoms with van der Waals surface area (Å²) in [4.78, 5) is 13.5. The summed E-state index contributed by atoms with van der Waals surface area (Å²) in [6.07, 6.45) is 0. The zero-order chi connectivity index (χ0) is 13.1. The second kappa shape index (κ2) is 5.26. The standard InChI is InChI=1S/C10H15N3O3S/c1-8-4-6-9(7-5-8)10(14)11-12-17(15,16)13(2)3/h4-7,12H,1-3H3,(H,11,14). The van der Waals surface area contributed by atoms with Crippen molar-refractivity contribution < 1.29 is 13.2 Å². The van der Waals surface area contributed by atoms with Crippen molar-refractivity contribution in [3.05, 3.63) is 35.4 Å². The Morgan fingerprint density at radius 3 is 2.18 bits per heavy atom. The third-order valence-electron chi connectivity index (χ3n) is 2.09. The number of hydrogen-bond donors (Lipinski definition) is 2. The van der Waals surface area contributed by atoms with Crippen LogP contribution in [0.1, 0.15) is 15.9 Å². The fourth-order valence-corrected chi connectivity index (χ4v) is 1.38. The quantitative estimate of drug-likeness (QED) is 0.747. The molecule has 0 radical (unpaired) electrons. The molecule has 0 atom stereocenters. The molecule has 1 aromatic carbocycles. The van der Waals surface area contributed by atoms with Crippen molar-refractivity contribution in [3.8, 4) is 0 Å². The Bertz CT molecular complexity index is 494. The highest BCUT2D eigenvalue weighted by molar-refractivity contribution is 7.87. The fraction of sp³-hybridized carbons (Fsp3) is 0.300. The Morgan fingerprint density at radius 2 is 1.71 bits per heavy atom. The Hall–Kier alpha value is -1.44. The van der Waals surface area contributed by atoms with E-state index < -0.39 is 16.1 Å². The van der Waals surface area contributed by atoms with Crippen LogP contribution in [0.5, 0.6) is 0 Å². The van der Waals surface area contributed by atoms with Crippen LogP contribution in [0.15, 0.2) is 24.3 Å². The van der Waals surface area contributed by atoms with Crippen LogP contribution in [0.2, 0.25) is 0 Å². The van der Waals surface area contributed by atoms with E-state index in [0.717, 1.165) is 9.87 Å². The largest absolute Gasteiger partial charge is 0.295 e. The zero-order valence-corrected chi connectivity index (χ0v) is 10.7. The Balaban J connectivity index is 2.65. The maximum atomic E-state index is 11.6. The van der Waals surface area contributed by atoms with Crippen molar-refractivity contribution >= 4 is 16.1 Å². The lowest BCUT2D eigenvalue weighted by Gasteiger charge is -2.12. The highest BCUT2D eigenvalue weighted by atomic mass is 32.2. The molecule has 2 N–H and O–H groups in total.